The van der Waals surface area contributed by atoms with Crippen LogP contribution >= 0.6 is 23.2 Å². The minimum Gasteiger partial charge on any atom is -0.446 e. The number of benzene rings is 2. The first-order valence-electron chi connectivity index (χ1n) is 6.62. The van der Waals surface area contributed by atoms with E-state index in [9.17, 15) is 4.79 Å². The van der Waals surface area contributed by atoms with E-state index in [2.05, 4.69) is 5.10 Å². The number of hydrazone groups is 1. The van der Waals surface area contributed by atoms with E-state index in [0.717, 1.165) is 5.56 Å². The quantitative estimate of drug-likeness (QED) is 0.824. The summed E-state index contributed by atoms with van der Waals surface area (Å²) in [4.78, 5) is 11.9. The van der Waals surface area contributed by atoms with Crippen molar-refractivity contribution in [3.05, 3.63) is 69.7 Å². The van der Waals surface area contributed by atoms with Gasteiger partial charge in [-0.3, -0.25) is 4.79 Å². The van der Waals surface area contributed by atoms with Crippen molar-refractivity contribution in [3.8, 4) is 0 Å². The molecule has 0 spiro atoms. The van der Waals surface area contributed by atoms with Gasteiger partial charge in [-0.25, -0.2) is 0 Å². The number of rotatable bonds is 2. The number of carbonyl (C=O) groups excluding carboxylic acids is 1. The van der Waals surface area contributed by atoms with Crippen molar-refractivity contribution in [3.63, 3.8) is 0 Å². The first-order chi connectivity index (χ1) is 10.6. The largest absolute Gasteiger partial charge is 0.446 e. The van der Waals surface area contributed by atoms with E-state index in [4.69, 9.17) is 27.9 Å². The molecule has 1 amide bonds. The van der Waals surface area contributed by atoms with Gasteiger partial charge in [0.25, 0.3) is 0 Å². The van der Waals surface area contributed by atoms with Crippen molar-refractivity contribution < 1.29 is 9.53 Å². The fraction of sp³-hybridized carbons (Fsp3) is 0.125. The van der Waals surface area contributed by atoms with Crippen molar-refractivity contribution >= 4 is 35.0 Å². The average molecular weight is 335 g/mol. The zero-order chi connectivity index (χ0) is 15.7. The molecule has 1 unspecified atom stereocenters. The lowest BCUT2D eigenvalue weighted by Crippen LogP contribution is -2.25. The minimum absolute atomic E-state index is 0.257. The Balaban J connectivity index is 2.02. The molecule has 4 nitrogen and oxygen atoms in total. The maximum atomic E-state index is 11.9. The Morgan fingerprint density at radius 2 is 1.73 bits per heavy atom. The van der Waals surface area contributed by atoms with Gasteiger partial charge >= 0.3 is 0 Å². The molecule has 0 aliphatic carbocycles. The van der Waals surface area contributed by atoms with Crippen LogP contribution in [0.4, 0.5) is 0 Å². The molecule has 0 N–H and O–H groups in total. The summed E-state index contributed by atoms with van der Waals surface area (Å²) in [7, 11) is 0. The van der Waals surface area contributed by atoms with E-state index >= 15 is 0 Å². The number of carbonyl (C=O) groups is 1. The van der Waals surface area contributed by atoms with E-state index in [-0.39, 0.29) is 5.91 Å². The second-order valence-corrected chi connectivity index (χ2v) is 5.55. The highest BCUT2D eigenvalue weighted by molar-refractivity contribution is 6.36. The van der Waals surface area contributed by atoms with E-state index in [0.29, 0.717) is 21.5 Å². The molecule has 0 saturated heterocycles. The number of ether oxygens (including phenoxy) is 1. The Morgan fingerprint density at radius 3 is 2.32 bits per heavy atom. The van der Waals surface area contributed by atoms with Crippen molar-refractivity contribution in [2.45, 2.75) is 13.2 Å². The van der Waals surface area contributed by atoms with Crippen LogP contribution in [0.15, 0.2) is 53.6 Å². The maximum absolute atomic E-state index is 11.9. The third-order valence-electron chi connectivity index (χ3n) is 3.23. The molecule has 1 aliphatic rings. The SMILES string of the molecule is CC(=O)N1N=C(c2ccccc2)OC1c1c(Cl)cccc1Cl. The molecule has 1 atom stereocenters. The fourth-order valence-corrected chi connectivity index (χ4v) is 2.78. The van der Waals surface area contributed by atoms with Crippen LogP contribution in [-0.2, 0) is 9.53 Å². The molecular formula is C16H12Cl2N2O2. The van der Waals surface area contributed by atoms with Gasteiger partial charge in [0.05, 0.1) is 15.6 Å². The minimum atomic E-state index is -0.770. The van der Waals surface area contributed by atoms with Crippen LogP contribution in [0, 0.1) is 0 Å². The van der Waals surface area contributed by atoms with Crippen LogP contribution in [0.1, 0.15) is 24.3 Å². The van der Waals surface area contributed by atoms with Crippen LogP contribution in [0.2, 0.25) is 10.0 Å². The topological polar surface area (TPSA) is 41.9 Å². The highest BCUT2D eigenvalue weighted by Gasteiger charge is 2.35. The summed E-state index contributed by atoms with van der Waals surface area (Å²) in [6.07, 6.45) is -0.770. The summed E-state index contributed by atoms with van der Waals surface area (Å²) in [6.45, 7) is 1.42. The molecule has 3 rings (SSSR count). The first kappa shape index (κ1) is 14.9. The summed E-state index contributed by atoms with van der Waals surface area (Å²) in [5.41, 5.74) is 1.30. The zero-order valence-electron chi connectivity index (χ0n) is 11.7. The molecule has 112 valence electrons. The lowest BCUT2D eigenvalue weighted by molar-refractivity contribution is -0.135. The van der Waals surface area contributed by atoms with Gasteiger partial charge in [-0.05, 0) is 24.3 Å². The highest BCUT2D eigenvalue weighted by atomic mass is 35.5. The second kappa shape index (κ2) is 5.99. The molecule has 0 aromatic heterocycles. The van der Waals surface area contributed by atoms with Crippen molar-refractivity contribution in [1.82, 2.24) is 5.01 Å². The van der Waals surface area contributed by atoms with Crippen LogP contribution in [-0.4, -0.2) is 16.8 Å². The lowest BCUT2D eigenvalue weighted by Gasteiger charge is -2.21. The van der Waals surface area contributed by atoms with Crippen LogP contribution in [0.5, 0.6) is 0 Å². The molecule has 2 aromatic rings. The third-order valence-corrected chi connectivity index (χ3v) is 3.89. The molecular weight excluding hydrogens is 323 g/mol. The van der Waals surface area contributed by atoms with E-state index < -0.39 is 6.23 Å². The summed E-state index contributed by atoms with van der Waals surface area (Å²) in [6, 6.07) is 14.5. The molecule has 6 heteroatoms. The van der Waals surface area contributed by atoms with Crippen molar-refractivity contribution in [2.24, 2.45) is 5.10 Å². The van der Waals surface area contributed by atoms with Gasteiger partial charge in [0.2, 0.25) is 18.0 Å². The van der Waals surface area contributed by atoms with Crippen molar-refractivity contribution in [2.75, 3.05) is 0 Å². The Labute approximate surface area is 137 Å². The van der Waals surface area contributed by atoms with Crippen molar-refractivity contribution in [1.29, 1.82) is 0 Å². The van der Waals surface area contributed by atoms with Crippen LogP contribution < -0.4 is 0 Å². The number of hydrogen-bond donors (Lipinski definition) is 0. The fourth-order valence-electron chi connectivity index (χ4n) is 2.20. The first-order valence-corrected chi connectivity index (χ1v) is 7.38. The Morgan fingerprint density at radius 1 is 1.09 bits per heavy atom. The number of hydrogen-bond acceptors (Lipinski definition) is 3. The lowest BCUT2D eigenvalue weighted by atomic mass is 10.2. The zero-order valence-corrected chi connectivity index (χ0v) is 13.2. The van der Waals surface area contributed by atoms with Gasteiger partial charge in [0, 0.05) is 12.5 Å². The molecule has 0 bridgehead atoms. The van der Waals surface area contributed by atoms with Gasteiger partial charge < -0.3 is 4.74 Å². The third kappa shape index (κ3) is 2.67. The van der Waals surface area contributed by atoms with E-state index in [1.807, 2.05) is 30.3 Å². The smallest absolute Gasteiger partial charge is 0.243 e. The van der Waals surface area contributed by atoms with Crippen LogP contribution in [0.25, 0.3) is 0 Å². The molecule has 22 heavy (non-hydrogen) atoms. The van der Waals surface area contributed by atoms with E-state index in [1.165, 1.54) is 11.9 Å². The Kier molecular flexibility index (Phi) is 4.05. The van der Waals surface area contributed by atoms with Gasteiger partial charge in [-0.15, -0.1) is 5.10 Å². The second-order valence-electron chi connectivity index (χ2n) is 4.74. The highest BCUT2D eigenvalue weighted by Crippen LogP contribution is 2.38. The van der Waals surface area contributed by atoms with Gasteiger partial charge in [-0.2, -0.15) is 5.01 Å². The monoisotopic (exact) mass is 334 g/mol. The van der Waals surface area contributed by atoms with Gasteiger partial charge in [-0.1, -0.05) is 47.5 Å². The normalized spacial score (nSPS) is 17.1. The average Bonchev–Trinajstić information content (AvgIpc) is 2.93. The molecule has 0 fully saturated rings. The maximum Gasteiger partial charge on any atom is 0.243 e. The van der Waals surface area contributed by atoms with Gasteiger partial charge in [0.15, 0.2) is 0 Å². The number of halogens is 2. The molecule has 0 saturated carbocycles. The molecule has 1 heterocycles. The Hall–Kier alpha value is -2.04. The standard InChI is InChI=1S/C16H12Cl2N2O2/c1-10(21)20-16(14-12(17)8-5-9-13(14)18)22-15(19-20)11-6-3-2-4-7-11/h2-9,16H,1H3. The summed E-state index contributed by atoms with van der Waals surface area (Å²) in [5.74, 6) is 0.101. The number of nitrogens with zero attached hydrogens (tertiary/aromatic N) is 2. The summed E-state index contributed by atoms with van der Waals surface area (Å²) in [5, 5.41) is 6.35. The number of amides is 1. The predicted molar refractivity (Wildman–Crippen MR) is 85.8 cm³/mol. The summed E-state index contributed by atoms with van der Waals surface area (Å²) < 4.78 is 5.86. The molecule has 2 aromatic carbocycles. The summed E-state index contributed by atoms with van der Waals surface area (Å²) >= 11 is 12.4. The van der Waals surface area contributed by atoms with E-state index in [1.54, 1.807) is 18.2 Å². The molecule has 1 aliphatic heterocycles. The predicted octanol–water partition coefficient (Wildman–Crippen LogP) is 4.23. The van der Waals surface area contributed by atoms with Crippen LogP contribution in [0.3, 0.4) is 0 Å². The van der Waals surface area contributed by atoms with Gasteiger partial charge in [0.1, 0.15) is 0 Å². The molecule has 0 radical (unpaired) electrons. The Bertz CT molecular complexity index is 727.